The van der Waals surface area contributed by atoms with Crippen LogP contribution >= 0.6 is 0 Å². The van der Waals surface area contributed by atoms with Crippen LogP contribution in [-0.4, -0.2) is 30.3 Å². The monoisotopic (exact) mass is 248 g/mol. The standard InChI is InChI=1S/C15H24N2O/c1-4-16-15(13-7-9-18-12(13)3)10-14-11(2)6-5-8-17-14/h5-6,8,12-13,15-16H,4,7,9-10H2,1-3H3. The van der Waals surface area contributed by atoms with Gasteiger partial charge in [-0.25, -0.2) is 0 Å². The van der Waals surface area contributed by atoms with Crippen molar-refractivity contribution >= 4 is 0 Å². The molecular weight excluding hydrogens is 224 g/mol. The maximum Gasteiger partial charge on any atom is 0.0590 e. The first kappa shape index (κ1) is 13.5. The molecule has 0 spiro atoms. The summed E-state index contributed by atoms with van der Waals surface area (Å²) in [6.45, 7) is 8.39. The molecule has 0 radical (unpaired) electrons. The maximum atomic E-state index is 5.70. The molecule has 0 bridgehead atoms. The lowest BCUT2D eigenvalue weighted by atomic mass is 9.89. The van der Waals surface area contributed by atoms with E-state index in [1.165, 1.54) is 11.3 Å². The van der Waals surface area contributed by atoms with E-state index in [4.69, 9.17) is 4.74 Å². The van der Waals surface area contributed by atoms with Crippen LogP contribution in [0.25, 0.3) is 0 Å². The predicted octanol–water partition coefficient (Wildman–Crippen LogP) is 2.34. The third-order valence-corrected chi connectivity index (χ3v) is 3.95. The number of likely N-dealkylation sites (N-methyl/N-ethyl adjacent to an activating group) is 1. The van der Waals surface area contributed by atoms with Crippen molar-refractivity contribution in [1.29, 1.82) is 0 Å². The van der Waals surface area contributed by atoms with Crippen LogP contribution in [0.2, 0.25) is 0 Å². The summed E-state index contributed by atoms with van der Waals surface area (Å²) in [6, 6.07) is 4.61. The van der Waals surface area contributed by atoms with Crippen LogP contribution in [-0.2, 0) is 11.2 Å². The summed E-state index contributed by atoms with van der Waals surface area (Å²) < 4.78 is 5.70. The summed E-state index contributed by atoms with van der Waals surface area (Å²) in [5.74, 6) is 0.603. The van der Waals surface area contributed by atoms with Gasteiger partial charge < -0.3 is 10.1 Å². The van der Waals surface area contributed by atoms with E-state index in [1.807, 2.05) is 12.3 Å². The Hall–Kier alpha value is -0.930. The van der Waals surface area contributed by atoms with Gasteiger partial charge in [-0.2, -0.15) is 0 Å². The number of hydrogen-bond donors (Lipinski definition) is 1. The number of ether oxygens (including phenoxy) is 1. The molecule has 1 saturated heterocycles. The van der Waals surface area contributed by atoms with Crippen molar-refractivity contribution < 1.29 is 4.74 Å². The number of hydrogen-bond acceptors (Lipinski definition) is 3. The second-order valence-corrected chi connectivity index (χ2v) is 5.16. The lowest BCUT2D eigenvalue weighted by Crippen LogP contribution is -2.41. The number of aromatic nitrogens is 1. The van der Waals surface area contributed by atoms with Gasteiger partial charge in [0.05, 0.1) is 6.10 Å². The fraction of sp³-hybridized carbons (Fsp3) is 0.667. The molecule has 0 saturated carbocycles. The van der Waals surface area contributed by atoms with Crippen LogP contribution in [0.4, 0.5) is 0 Å². The Bertz CT molecular complexity index is 381. The van der Waals surface area contributed by atoms with Gasteiger partial charge in [0.1, 0.15) is 0 Å². The van der Waals surface area contributed by atoms with Crippen LogP contribution in [0.1, 0.15) is 31.5 Å². The van der Waals surface area contributed by atoms with Crippen molar-refractivity contribution in [3.05, 3.63) is 29.6 Å². The minimum absolute atomic E-state index is 0.359. The lowest BCUT2D eigenvalue weighted by Gasteiger charge is -2.26. The third-order valence-electron chi connectivity index (χ3n) is 3.95. The van der Waals surface area contributed by atoms with Crippen molar-refractivity contribution in [1.82, 2.24) is 10.3 Å². The van der Waals surface area contributed by atoms with Crippen molar-refractivity contribution in [2.45, 2.75) is 45.8 Å². The minimum Gasteiger partial charge on any atom is -0.378 e. The summed E-state index contributed by atoms with van der Waals surface area (Å²) >= 11 is 0. The molecule has 0 amide bonds. The molecule has 0 aliphatic carbocycles. The second kappa shape index (κ2) is 6.30. The van der Waals surface area contributed by atoms with E-state index in [0.717, 1.165) is 26.0 Å². The number of rotatable bonds is 5. The van der Waals surface area contributed by atoms with E-state index >= 15 is 0 Å². The van der Waals surface area contributed by atoms with Crippen LogP contribution in [0.5, 0.6) is 0 Å². The fourth-order valence-corrected chi connectivity index (χ4v) is 2.85. The summed E-state index contributed by atoms with van der Waals surface area (Å²) in [7, 11) is 0. The molecule has 3 atom stereocenters. The molecule has 1 aliphatic rings. The van der Waals surface area contributed by atoms with E-state index in [9.17, 15) is 0 Å². The zero-order valence-electron chi connectivity index (χ0n) is 11.6. The van der Waals surface area contributed by atoms with Gasteiger partial charge in [-0.15, -0.1) is 0 Å². The topological polar surface area (TPSA) is 34.2 Å². The third kappa shape index (κ3) is 3.09. The van der Waals surface area contributed by atoms with E-state index in [1.54, 1.807) is 0 Å². The summed E-state index contributed by atoms with van der Waals surface area (Å²) in [4.78, 5) is 4.52. The average Bonchev–Trinajstić information content (AvgIpc) is 2.78. The normalized spacial score (nSPS) is 25.3. The van der Waals surface area contributed by atoms with Gasteiger partial charge in [-0.3, -0.25) is 4.98 Å². The largest absolute Gasteiger partial charge is 0.378 e. The molecule has 1 fully saturated rings. The molecule has 2 rings (SSSR count). The molecule has 3 heteroatoms. The van der Waals surface area contributed by atoms with Crippen molar-refractivity contribution in [2.75, 3.05) is 13.2 Å². The SMILES string of the molecule is CCNC(Cc1ncccc1C)C1CCOC1C. The molecule has 1 aromatic rings. The minimum atomic E-state index is 0.359. The van der Waals surface area contributed by atoms with Gasteiger partial charge in [0.15, 0.2) is 0 Å². The smallest absolute Gasteiger partial charge is 0.0590 e. The maximum absolute atomic E-state index is 5.70. The second-order valence-electron chi connectivity index (χ2n) is 5.16. The first-order valence-electron chi connectivity index (χ1n) is 6.97. The Labute approximate surface area is 110 Å². The quantitative estimate of drug-likeness (QED) is 0.868. The van der Waals surface area contributed by atoms with E-state index in [-0.39, 0.29) is 0 Å². The first-order valence-corrected chi connectivity index (χ1v) is 6.97. The van der Waals surface area contributed by atoms with Crippen LogP contribution in [0.15, 0.2) is 18.3 Å². The summed E-state index contributed by atoms with van der Waals surface area (Å²) in [6.07, 6.45) is 4.40. The lowest BCUT2D eigenvalue weighted by molar-refractivity contribution is 0.0954. The summed E-state index contributed by atoms with van der Waals surface area (Å²) in [5, 5.41) is 3.61. The highest BCUT2D eigenvalue weighted by Crippen LogP contribution is 2.26. The predicted molar refractivity (Wildman–Crippen MR) is 73.7 cm³/mol. The molecule has 18 heavy (non-hydrogen) atoms. The van der Waals surface area contributed by atoms with Gasteiger partial charge in [0.25, 0.3) is 0 Å². The molecule has 100 valence electrons. The van der Waals surface area contributed by atoms with Crippen molar-refractivity contribution in [3.8, 4) is 0 Å². The molecule has 0 aromatic carbocycles. The number of aryl methyl sites for hydroxylation is 1. The van der Waals surface area contributed by atoms with Crippen molar-refractivity contribution in [2.24, 2.45) is 5.92 Å². The highest BCUT2D eigenvalue weighted by atomic mass is 16.5. The Morgan fingerprint density at radius 1 is 1.56 bits per heavy atom. The summed E-state index contributed by atoms with van der Waals surface area (Å²) in [5.41, 5.74) is 2.49. The molecule has 3 unspecified atom stereocenters. The average molecular weight is 248 g/mol. The van der Waals surface area contributed by atoms with Gasteiger partial charge in [0.2, 0.25) is 0 Å². The van der Waals surface area contributed by atoms with Crippen LogP contribution in [0, 0.1) is 12.8 Å². The Kier molecular flexibility index (Phi) is 4.72. The van der Waals surface area contributed by atoms with Crippen LogP contribution < -0.4 is 5.32 Å². The zero-order valence-corrected chi connectivity index (χ0v) is 11.6. The van der Waals surface area contributed by atoms with Crippen molar-refractivity contribution in [3.63, 3.8) is 0 Å². The number of pyridine rings is 1. The van der Waals surface area contributed by atoms with E-state index in [0.29, 0.717) is 18.1 Å². The Morgan fingerprint density at radius 2 is 2.39 bits per heavy atom. The highest BCUT2D eigenvalue weighted by Gasteiger charge is 2.31. The molecule has 2 heterocycles. The van der Waals surface area contributed by atoms with Gasteiger partial charge >= 0.3 is 0 Å². The number of nitrogens with zero attached hydrogens (tertiary/aromatic N) is 1. The molecule has 1 aliphatic heterocycles. The zero-order chi connectivity index (χ0) is 13.0. The van der Waals surface area contributed by atoms with Gasteiger partial charge in [-0.1, -0.05) is 13.0 Å². The Morgan fingerprint density at radius 3 is 3.00 bits per heavy atom. The Balaban J connectivity index is 2.08. The molecule has 3 nitrogen and oxygen atoms in total. The fourth-order valence-electron chi connectivity index (χ4n) is 2.85. The molecular formula is C15H24N2O. The van der Waals surface area contributed by atoms with Gasteiger partial charge in [0, 0.05) is 36.9 Å². The van der Waals surface area contributed by atoms with E-state index in [2.05, 4.69) is 37.1 Å². The number of nitrogens with one attached hydrogen (secondary N) is 1. The molecule has 1 aromatic heterocycles. The molecule has 1 N–H and O–H groups in total. The van der Waals surface area contributed by atoms with Gasteiger partial charge in [-0.05, 0) is 38.4 Å². The first-order chi connectivity index (χ1) is 8.72. The van der Waals surface area contributed by atoms with Crippen LogP contribution in [0.3, 0.4) is 0 Å². The highest BCUT2D eigenvalue weighted by molar-refractivity contribution is 5.19. The van der Waals surface area contributed by atoms with E-state index < -0.39 is 0 Å².